The number of aromatic nitrogens is 1. The molecule has 0 saturated heterocycles. The van der Waals surface area contributed by atoms with Crippen LogP contribution in [0, 0.1) is 13.8 Å². The summed E-state index contributed by atoms with van der Waals surface area (Å²) in [5, 5.41) is 6.61. The van der Waals surface area contributed by atoms with Crippen molar-refractivity contribution in [2.24, 2.45) is 7.05 Å². The van der Waals surface area contributed by atoms with Gasteiger partial charge in [0.05, 0.1) is 5.56 Å². The molecule has 0 fully saturated rings. The van der Waals surface area contributed by atoms with E-state index >= 15 is 0 Å². The van der Waals surface area contributed by atoms with E-state index in [2.05, 4.69) is 125 Å². The van der Waals surface area contributed by atoms with Crippen LogP contribution in [0.4, 0.5) is 0 Å². The molecule has 6 rings (SSSR count). The number of rotatable bonds is 3. The Labute approximate surface area is 215 Å². The fourth-order valence-electron chi connectivity index (χ4n) is 6.08. The summed E-state index contributed by atoms with van der Waals surface area (Å²) < 4.78 is 9.44. The Morgan fingerprint density at radius 2 is 1.56 bits per heavy atom. The molecule has 5 aromatic rings. The normalized spacial score (nSPS) is 12.8. The molecule has 0 N–H and O–H groups in total. The van der Waals surface area contributed by atoms with Crippen LogP contribution in [0.5, 0.6) is 11.5 Å². The molecule has 4 aromatic carbocycles. The number of para-hydroxylation sites is 1. The highest BCUT2D eigenvalue weighted by molar-refractivity contribution is 7.02. The van der Waals surface area contributed by atoms with Crippen LogP contribution in [0.25, 0.3) is 32.9 Å². The first-order valence-corrected chi connectivity index (χ1v) is 16.0. The molecular weight excluding hydrogens is 454 g/mol. The van der Waals surface area contributed by atoms with Gasteiger partial charge >= 0.3 is 0 Å². The number of fused-ring (bicyclic) bond motifs is 3. The Morgan fingerprint density at radius 1 is 0.861 bits per heavy atom. The Bertz CT molecular complexity index is 1680. The maximum absolute atomic E-state index is 7.08. The van der Waals surface area contributed by atoms with Crippen molar-refractivity contribution in [1.82, 2.24) is 0 Å². The SMILES string of the molecule is Cc1cc2cc(C(C)C)cc3c2c(c1C)-c1c(c([Si](C)(C)c2ccccc2)c2ccccc2[n+]1C)O3. The Kier molecular flexibility index (Phi) is 5.14. The number of nitrogens with zero attached hydrogens (tertiary/aromatic N) is 1. The topological polar surface area (TPSA) is 13.1 Å². The van der Waals surface area contributed by atoms with Crippen LogP contribution in [-0.2, 0) is 7.05 Å². The molecule has 1 aliphatic rings. The lowest BCUT2D eigenvalue weighted by atomic mass is 9.88. The van der Waals surface area contributed by atoms with Crippen molar-refractivity contribution < 1.29 is 9.30 Å². The van der Waals surface area contributed by atoms with Gasteiger partial charge in [0, 0.05) is 22.0 Å². The van der Waals surface area contributed by atoms with E-state index in [1.165, 1.54) is 60.0 Å². The number of benzene rings is 4. The summed E-state index contributed by atoms with van der Waals surface area (Å²) in [4.78, 5) is 0. The quantitative estimate of drug-likeness (QED) is 0.190. The van der Waals surface area contributed by atoms with Gasteiger partial charge in [-0.2, -0.15) is 4.57 Å². The molecule has 36 heavy (non-hydrogen) atoms. The Hall–Kier alpha value is -3.43. The molecule has 2 heterocycles. The van der Waals surface area contributed by atoms with Gasteiger partial charge in [-0.15, -0.1) is 0 Å². The van der Waals surface area contributed by atoms with E-state index in [0.717, 1.165) is 11.5 Å². The number of pyridine rings is 1. The van der Waals surface area contributed by atoms with E-state index in [1.807, 2.05) is 0 Å². The lowest BCUT2D eigenvalue weighted by Crippen LogP contribution is -2.55. The van der Waals surface area contributed by atoms with Crippen molar-refractivity contribution in [3.8, 4) is 22.8 Å². The third kappa shape index (κ3) is 3.19. The van der Waals surface area contributed by atoms with Crippen molar-refractivity contribution in [2.45, 2.75) is 46.7 Å². The molecule has 0 amide bonds. The summed E-state index contributed by atoms with van der Waals surface area (Å²) in [5.74, 6) is 2.47. The van der Waals surface area contributed by atoms with Crippen LogP contribution >= 0.6 is 0 Å². The van der Waals surface area contributed by atoms with E-state index in [9.17, 15) is 0 Å². The number of ether oxygens (including phenoxy) is 1. The first-order valence-electron chi connectivity index (χ1n) is 13.0. The minimum Gasteiger partial charge on any atom is -0.450 e. The van der Waals surface area contributed by atoms with Crippen molar-refractivity contribution in [3.05, 3.63) is 89.5 Å². The lowest BCUT2D eigenvalue weighted by Gasteiger charge is -2.31. The first-order chi connectivity index (χ1) is 17.2. The van der Waals surface area contributed by atoms with Crippen LogP contribution in [-0.4, -0.2) is 8.07 Å². The Balaban J connectivity index is 1.82. The second kappa shape index (κ2) is 8.04. The number of hydrogen-bond donors (Lipinski definition) is 0. The van der Waals surface area contributed by atoms with E-state index in [-0.39, 0.29) is 0 Å². The summed E-state index contributed by atoms with van der Waals surface area (Å²) in [5.41, 5.74) is 7.76. The Morgan fingerprint density at radius 3 is 2.28 bits per heavy atom. The zero-order valence-corrected chi connectivity index (χ0v) is 23.4. The van der Waals surface area contributed by atoms with Crippen molar-refractivity contribution in [2.75, 3.05) is 0 Å². The maximum atomic E-state index is 7.08. The van der Waals surface area contributed by atoms with Gasteiger partial charge in [-0.3, -0.25) is 0 Å². The van der Waals surface area contributed by atoms with Gasteiger partial charge in [-0.25, -0.2) is 0 Å². The average Bonchev–Trinajstić information content (AvgIpc) is 2.86. The van der Waals surface area contributed by atoms with Gasteiger partial charge in [0.2, 0.25) is 5.52 Å². The summed E-state index contributed by atoms with van der Waals surface area (Å²) >= 11 is 0. The molecule has 0 spiro atoms. The molecule has 0 radical (unpaired) electrons. The van der Waals surface area contributed by atoms with Crippen molar-refractivity contribution in [1.29, 1.82) is 0 Å². The molecule has 1 aliphatic heterocycles. The smallest absolute Gasteiger partial charge is 0.256 e. The fourth-order valence-corrected chi connectivity index (χ4v) is 9.01. The highest BCUT2D eigenvalue weighted by Crippen LogP contribution is 2.49. The zero-order valence-electron chi connectivity index (χ0n) is 22.4. The maximum Gasteiger partial charge on any atom is 0.256 e. The van der Waals surface area contributed by atoms with Gasteiger partial charge < -0.3 is 4.74 Å². The molecular formula is C33H34NOSi+. The molecule has 2 nitrogen and oxygen atoms in total. The summed E-state index contributed by atoms with van der Waals surface area (Å²) in [6.45, 7) is 14.0. The molecule has 0 atom stereocenters. The predicted octanol–water partition coefficient (Wildman–Crippen LogP) is 7.15. The van der Waals surface area contributed by atoms with Crippen LogP contribution in [0.15, 0.2) is 72.8 Å². The van der Waals surface area contributed by atoms with Crippen LogP contribution in [0.2, 0.25) is 13.1 Å². The molecule has 0 bridgehead atoms. The molecule has 0 aliphatic carbocycles. The van der Waals surface area contributed by atoms with Crippen LogP contribution in [0.1, 0.15) is 36.5 Å². The van der Waals surface area contributed by atoms with Gasteiger partial charge in [-0.05, 0) is 54.0 Å². The van der Waals surface area contributed by atoms with E-state index in [1.54, 1.807) is 0 Å². The monoisotopic (exact) mass is 488 g/mol. The lowest BCUT2D eigenvalue weighted by molar-refractivity contribution is -0.633. The fraction of sp³-hybridized carbons (Fsp3) is 0.242. The summed E-state index contributed by atoms with van der Waals surface area (Å²) in [7, 11) is 0.0695. The molecule has 180 valence electrons. The average molecular weight is 489 g/mol. The third-order valence-electron chi connectivity index (χ3n) is 8.29. The van der Waals surface area contributed by atoms with Crippen molar-refractivity contribution >= 4 is 40.1 Å². The summed E-state index contributed by atoms with van der Waals surface area (Å²) in [6.07, 6.45) is 0. The van der Waals surface area contributed by atoms with Gasteiger partial charge in [0.15, 0.2) is 5.75 Å². The number of aryl methyl sites for hydroxylation is 2. The van der Waals surface area contributed by atoms with E-state index < -0.39 is 8.07 Å². The van der Waals surface area contributed by atoms with Gasteiger partial charge in [0.1, 0.15) is 20.9 Å². The standard InChI is InChI=1S/C33H34NOSi/c1-20(2)23-18-24-17-21(3)22(4)29-30(24)28(19-23)35-32-31(29)34(5)27-16-12-11-15-26(27)33(32)36(6,7)25-13-9-8-10-14-25/h8-20H,1-7H3/q+1. The van der Waals surface area contributed by atoms with Crippen LogP contribution in [0.3, 0.4) is 0 Å². The molecule has 3 heteroatoms. The van der Waals surface area contributed by atoms with Crippen molar-refractivity contribution in [3.63, 3.8) is 0 Å². The minimum absolute atomic E-state index is 0.433. The zero-order chi connectivity index (χ0) is 25.4. The molecule has 0 unspecified atom stereocenters. The third-order valence-corrected chi connectivity index (χ3v) is 11.8. The van der Waals surface area contributed by atoms with Gasteiger partial charge in [0.25, 0.3) is 5.69 Å². The van der Waals surface area contributed by atoms with E-state index in [4.69, 9.17) is 4.74 Å². The minimum atomic E-state index is -2.13. The number of hydrogen-bond acceptors (Lipinski definition) is 1. The highest BCUT2D eigenvalue weighted by Gasteiger charge is 2.41. The highest BCUT2D eigenvalue weighted by atomic mass is 28.3. The predicted molar refractivity (Wildman–Crippen MR) is 155 cm³/mol. The molecule has 0 saturated carbocycles. The second-order valence-electron chi connectivity index (χ2n) is 11.2. The summed E-state index contributed by atoms with van der Waals surface area (Å²) in [6, 6.07) is 26.9. The van der Waals surface area contributed by atoms with Gasteiger partial charge in [-0.1, -0.05) is 86.7 Å². The second-order valence-corrected chi connectivity index (χ2v) is 15.5. The molecule has 1 aromatic heterocycles. The van der Waals surface area contributed by atoms with Crippen LogP contribution < -0.4 is 19.7 Å². The first kappa shape index (κ1) is 23.0. The largest absolute Gasteiger partial charge is 0.450 e. The van der Waals surface area contributed by atoms with E-state index in [0.29, 0.717) is 5.92 Å².